The molecule has 1 aromatic rings. The molecule has 0 radical (unpaired) electrons. The van der Waals surface area contributed by atoms with E-state index in [-0.39, 0.29) is 11.9 Å². The zero-order valence-corrected chi connectivity index (χ0v) is 12.0. The molecule has 0 bridgehead atoms. The van der Waals surface area contributed by atoms with Crippen molar-refractivity contribution in [1.82, 2.24) is 5.32 Å². The van der Waals surface area contributed by atoms with Crippen LogP contribution < -0.4 is 10.1 Å². The molecule has 5 heteroatoms. The van der Waals surface area contributed by atoms with Crippen molar-refractivity contribution >= 4 is 5.91 Å². The van der Waals surface area contributed by atoms with E-state index in [4.69, 9.17) is 10.00 Å². The van der Waals surface area contributed by atoms with Crippen LogP contribution in [-0.2, 0) is 4.79 Å². The minimum atomic E-state index is -0.707. The van der Waals surface area contributed by atoms with Gasteiger partial charge in [0.15, 0.2) is 6.10 Å². The molecule has 1 amide bonds. The van der Waals surface area contributed by atoms with Crippen LogP contribution in [0.25, 0.3) is 0 Å². The van der Waals surface area contributed by atoms with Crippen molar-refractivity contribution in [3.8, 4) is 11.8 Å². The summed E-state index contributed by atoms with van der Waals surface area (Å²) in [5.41, 5.74) is 0.393. The van der Waals surface area contributed by atoms with Gasteiger partial charge in [-0.3, -0.25) is 4.79 Å². The lowest BCUT2D eigenvalue weighted by molar-refractivity contribution is -0.128. The summed E-state index contributed by atoms with van der Waals surface area (Å²) in [5, 5.41) is 21.0. The van der Waals surface area contributed by atoms with Crippen LogP contribution in [0.3, 0.4) is 0 Å². The lowest BCUT2D eigenvalue weighted by Crippen LogP contribution is -2.42. The van der Waals surface area contributed by atoms with Crippen LogP contribution in [0.2, 0.25) is 0 Å². The molecule has 0 saturated carbocycles. The van der Waals surface area contributed by atoms with Crippen LogP contribution in [0, 0.1) is 11.3 Å². The Balaban J connectivity index is 2.60. The maximum absolute atomic E-state index is 11.9. The second-order valence-corrected chi connectivity index (χ2v) is 4.86. The van der Waals surface area contributed by atoms with Crippen LogP contribution >= 0.6 is 0 Å². The first-order chi connectivity index (χ1) is 9.43. The third kappa shape index (κ3) is 4.90. The van der Waals surface area contributed by atoms with Gasteiger partial charge in [-0.15, -0.1) is 0 Å². The number of nitrogens with zero attached hydrogens (tertiary/aromatic N) is 1. The number of aliphatic hydroxyl groups is 1. The lowest BCUT2D eigenvalue weighted by Gasteiger charge is -2.19. The summed E-state index contributed by atoms with van der Waals surface area (Å²) >= 11 is 0. The molecule has 1 aromatic carbocycles. The van der Waals surface area contributed by atoms with E-state index in [9.17, 15) is 9.90 Å². The van der Waals surface area contributed by atoms with Crippen LogP contribution in [0.15, 0.2) is 24.3 Å². The van der Waals surface area contributed by atoms with Gasteiger partial charge in [0.05, 0.1) is 11.7 Å². The molecule has 20 heavy (non-hydrogen) atoms. The summed E-state index contributed by atoms with van der Waals surface area (Å²) in [4.78, 5) is 11.9. The highest BCUT2D eigenvalue weighted by Crippen LogP contribution is 2.18. The van der Waals surface area contributed by atoms with E-state index in [2.05, 4.69) is 5.32 Å². The molecule has 0 aliphatic rings. The smallest absolute Gasteiger partial charge is 0.260 e. The molecule has 108 valence electrons. The number of amides is 1. The molecule has 5 nitrogen and oxygen atoms in total. The third-order valence-corrected chi connectivity index (χ3v) is 2.76. The molecule has 2 N–H and O–H groups in total. The summed E-state index contributed by atoms with van der Waals surface area (Å²) in [6, 6.07) is 8.65. The zero-order chi connectivity index (χ0) is 15.1. The van der Waals surface area contributed by atoms with Crippen molar-refractivity contribution < 1.29 is 14.6 Å². The standard InChI is InChI=1S/C15H20N2O3/c1-10(8-11(2)18)17-15(19)12(3)20-14-7-5-4-6-13(14)9-16/h4-7,10-12,18H,8H2,1-3H3,(H,17,19). The second-order valence-electron chi connectivity index (χ2n) is 4.86. The van der Waals surface area contributed by atoms with Crippen LogP contribution in [0.5, 0.6) is 5.75 Å². The number of ether oxygens (including phenoxy) is 1. The molecule has 3 atom stereocenters. The van der Waals surface area contributed by atoms with Crippen molar-refractivity contribution in [2.45, 2.75) is 45.4 Å². The Bertz CT molecular complexity index is 494. The average molecular weight is 276 g/mol. The largest absolute Gasteiger partial charge is 0.480 e. The second kappa shape index (κ2) is 7.51. The zero-order valence-electron chi connectivity index (χ0n) is 12.0. The first kappa shape index (κ1) is 16.0. The number of hydrogen-bond acceptors (Lipinski definition) is 4. The third-order valence-electron chi connectivity index (χ3n) is 2.76. The molecule has 0 aliphatic carbocycles. The van der Waals surface area contributed by atoms with E-state index in [1.165, 1.54) is 0 Å². The topological polar surface area (TPSA) is 82.3 Å². The van der Waals surface area contributed by atoms with E-state index in [1.54, 1.807) is 38.1 Å². The van der Waals surface area contributed by atoms with Gasteiger partial charge in [0.25, 0.3) is 5.91 Å². The summed E-state index contributed by atoms with van der Waals surface area (Å²) in [6.45, 7) is 5.12. The van der Waals surface area contributed by atoms with Gasteiger partial charge in [-0.2, -0.15) is 5.26 Å². The normalized spacial score (nSPS) is 14.8. The molecule has 1 rings (SSSR count). The van der Waals surface area contributed by atoms with E-state index >= 15 is 0 Å². The highest BCUT2D eigenvalue weighted by Gasteiger charge is 2.18. The van der Waals surface area contributed by atoms with Crippen molar-refractivity contribution in [2.75, 3.05) is 0 Å². The minimum Gasteiger partial charge on any atom is -0.480 e. The van der Waals surface area contributed by atoms with E-state index in [0.29, 0.717) is 17.7 Å². The molecule has 0 fully saturated rings. The fourth-order valence-electron chi connectivity index (χ4n) is 1.84. The Kier molecular flexibility index (Phi) is 6.01. The van der Waals surface area contributed by atoms with Gasteiger partial charge >= 0.3 is 0 Å². The number of nitriles is 1. The molecular weight excluding hydrogens is 256 g/mol. The minimum absolute atomic E-state index is 0.139. The Morgan fingerprint density at radius 3 is 2.65 bits per heavy atom. The van der Waals surface area contributed by atoms with Crippen molar-refractivity contribution in [3.63, 3.8) is 0 Å². The highest BCUT2D eigenvalue weighted by atomic mass is 16.5. The summed E-state index contributed by atoms with van der Waals surface area (Å²) in [5.74, 6) is 0.117. The maximum atomic E-state index is 11.9. The van der Waals surface area contributed by atoms with Crippen LogP contribution in [-0.4, -0.2) is 29.3 Å². The van der Waals surface area contributed by atoms with Gasteiger partial charge in [0.2, 0.25) is 0 Å². The van der Waals surface area contributed by atoms with Gasteiger partial charge in [-0.05, 0) is 39.3 Å². The van der Waals surface area contributed by atoms with Crippen LogP contribution in [0.1, 0.15) is 32.8 Å². The Morgan fingerprint density at radius 1 is 1.40 bits per heavy atom. The summed E-state index contributed by atoms with van der Waals surface area (Å²) in [6.07, 6.45) is -0.699. The first-order valence-corrected chi connectivity index (χ1v) is 6.58. The van der Waals surface area contributed by atoms with Gasteiger partial charge < -0.3 is 15.2 Å². The number of hydrogen-bond donors (Lipinski definition) is 2. The molecule has 0 aromatic heterocycles. The monoisotopic (exact) mass is 276 g/mol. The van der Waals surface area contributed by atoms with Gasteiger partial charge in [0, 0.05) is 6.04 Å². The van der Waals surface area contributed by atoms with Gasteiger partial charge in [0.1, 0.15) is 11.8 Å². The number of para-hydroxylation sites is 1. The summed E-state index contributed by atoms with van der Waals surface area (Å²) in [7, 11) is 0. The number of aliphatic hydroxyl groups excluding tert-OH is 1. The fraction of sp³-hybridized carbons (Fsp3) is 0.467. The number of carbonyl (C=O) groups excluding carboxylic acids is 1. The highest BCUT2D eigenvalue weighted by molar-refractivity contribution is 5.81. The molecular formula is C15H20N2O3. The number of benzene rings is 1. The van der Waals surface area contributed by atoms with Crippen molar-refractivity contribution in [1.29, 1.82) is 5.26 Å². The molecule has 0 heterocycles. The van der Waals surface area contributed by atoms with Crippen LogP contribution in [0.4, 0.5) is 0 Å². The van der Waals surface area contributed by atoms with Gasteiger partial charge in [-0.25, -0.2) is 0 Å². The number of rotatable bonds is 6. The predicted molar refractivity (Wildman–Crippen MR) is 75.1 cm³/mol. The lowest BCUT2D eigenvalue weighted by atomic mass is 10.1. The van der Waals surface area contributed by atoms with E-state index in [1.807, 2.05) is 13.0 Å². The number of carbonyl (C=O) groups is 1. The van der Waals surface area contributed by atoms with E-state index in [0.717, 1.165) is 0 Å². The molecule has 0 spiro atoms. The summed E-state index contributed by atoms with van der Waals surface area (Å²) < 4.78 is 5.51. The number of nitrogens with one attached hydrogen (secondary N) is 1. The van der Waals surface area contributed by atoms with Gasteiger partial charge in [-0.1, -0.05) is 12.1 Å². The Labute approximate surface area is 119 Å². The average Bonchev–Trinajstić information content (AvgIpc) is 2.38. The molecule has 3 unspecified atom stereocenters. The maximum Gasteiger partial charge on any atom is 0.260 e. The molecule has 0 saturated heterocycles. The quantitative estimate of drug-likeness (QED) is 0.826. The Hall–Kier alpha value is -2.06. The predicted octanol–water partition coefficient (Wildman–Crippen LogP) is 1.60. The first-order valence-electron chi connectivity index (χ1n) is 6.58. The Morgan fingerprint density at radius 2 is 2.05 bits per heavy atom. The SMILES string of the molecule is CC(O)CC(C)NC(=O)C(C)Oc1ccccc1C#N. The van der Waals surface area contributed by atoms with E-state index < -0.39 is 12.2 Å². The molecule has 0 aliphatic heterocycles. The van der Waals surface area contributed by atoms with Crippen molar-refractivity contribution in [2.24, 2.45) is 0 Å². The fourth-order valence-corrected chi connectivity index (χ4v) is 1.84. The van der Waals surface area contributed by atoms with Crippen molar-refractivity contribution in [3.05, 3.63) is 29.8 Å².